The highest BCUT2D eigenvalue weighted by molar-refractivity contribution is 5.94. The highest BCUT2D eigenvalue weighted by Crippen LogP contribution is 2.19. The van der Waals surface area contributed by atoms with Crippen LogP contribution in [-0.4, -0.2) is 30.7 Å². The molecule has 3 aromatic heterocycles. The van der Waals surface area contributed by atoms with E-state index in [1.807, 2.05) is 13.0 Å². The Morgan fingerprint density at radius 2 is 2.16 bits per heavy atom. The average molecular weight is 254 g/mol. The zero-order valence-electron chi connectivity index (χ0n) is 10.1. The quantitative estimate of drug-likeness (QED) is 0.754. The number of fused-ring (bicyclic) bond motifs is 1. The van der Waals surface area contributed by atoms with Gasteiger partial charge in [-0.15, -0.1) is 5.10 Å². The molecule has 0 saturated carbocycles. The smallest absolute Gasteiger partial charge is 0.339 e. The highest BCUT2D eigenvalue weighted by Gasteiger charge is 2.14. The molecule has 1 N–H and O–H groups in total. The van der Waals surface area contributed by atoms with Crippen LogP contribution in [-0.2, 0) is 0 Å². The van der Waals surface area contributed by atoms with Gasteiger partial charge in [-0.2, -0.15) is 0 Å². The van der Waals surface area contributed by atoms with Crippen molar-refractivity contribution in [2.45, 2.75) is 6.92 Å². The van der Waals surface area contributed by atoms with Crippen LogP contribution in [0.2, 0.25) is 0 Å². The fourth-order valence-electron chi connectivity index (χ4n) is 1.91. The van der Waals surface area contributed by atoms with Crippen molar-refractivity contribution in [1.29, 1.82) is 0 Å². The Labute approximate surface area is 108 Å². The molecule has 0 saturated heterocycles. The van der Waals surface area contributed by atoms with E-state index < -0.39 is 5.97 Å². The predicted octanol–water partition coefficient (Wildman–Crippen LogP) is 1.80. The van der Waals surface area contributed by atoms with Gasteiger partial charge in [-0.3, -0.25) is 4.98 Å². The van der Waals surface area contributed by atoms with E-state index >= 15 is 0 Å². The summed E-state index contributed by atoms with van der Waals surface area (Å²) in [4.78, 5) is 19.6. The van der Waals surface area contributed by atoms with Crippen LogP contribution in [0.5, 0.6) is 0 Å². The molecule has 0 atom stereocenters. The van der Waals surface area contributed by atoms with Gasteiger partial charge in [0.1, 0.15) is 5.56 Å². The summed E-state index contributed by atoms with van der Waals surface area (Å²) in [5, 5.41) is 13.4. The van der Waals surface area contributed by atoms with Crippen molar-refractivity contribution in [2.75, 3.05) is 0 Å². The molecule has 0 aliphatic carbocycles. The lowest BCUT2D eigenvalue weighted by Gasteiger charge is -1.97. The van der Waals surface area contributed by atoms with Crippen LogP contribution >= 0.6 is 0 Å². The van der Waals surface area contributed by atoms with Gasteiger partial charge in [0, 0.05) is 23.7 Å². The second kappa shape index (κ2) is 4.16. The molecule has 3 rings (SSSR count). The topological polar surface area (TPSA) is 80.4 Å². The molecule has 0 fully saturated rings. The molecule has 0 radical (unpaired) electrons. The maximum atomic E-state index is 11.1. The minimum atomic E-state index is -1.02. The molecular weight excluding hydrogens is 244 g/mol. The minimum Gasteiger partial charge on any atom is -0.478 e. The van der Waals surface area contributed by atoms with Gasteiger partial charge in [0.2, 0.25) is 0 Å². The number of hydrogen-bond donors (Lipinski definition) is 1. The largest absolute Gasteiger partial charge is 0.478 e. The summed E-state index contributed by atoms with van der Waals surface area (Å²) in [6, 6.07) is 6.79. The number of hydrogen-bond acceptors (Lipinski definition) is 4. The third kappa shape index (κ3) is 1.83. The molecule has 94 valence electrons. The third-order valence-electron chi connectivity index (χ3n) is 2.84. The van der Waals surface area contributed by atoms with E-state index in [9.17, 15) is 4.79 Å². The highest BCUT2D eigenvalue weighted by atomic mass is 16.4. The maximum Gasteiger partial charge on any atom is 0.339 e. The minimum absolute atomic E-state index is 0.128. The molecule has 0 amide bonds. The normalized spacial score (nSPS) is 10.8. The number of rotatable bonds is 2. The van der Waals surface area contributed by atoms with Crippen molar-refractivity contribution >= 4 is 11.6 Å². The van der Waals surface area contributed by atoms with E-state index in [2.05, 4.69) is 15.1 Å². The Kier molecular flexibility index (Phi) is 2.49. The number of aromatic carboxylic acids is 1. The van der Waals surface area contributed by atoms with E-state index in [4.69, 9.17) is 5.11 Å². The molecule has 0 bridgehead atoms. The number of carbonyl (C=O) groups is 1. The first-order valence-electron chi connectivity index (χ1n) is 5.67. The zero-order valence-corrected chi connectivity index (χ0v) is 10.1. The molecule has 6 heteroatoms. The monoisotopic (exact) mass is 254 g/mol. The summed E-state index contributed by atoms with van der Waals surface area (Å²) in [6.45, 7) is 1.86. The van der Waals surface area contributed by atoms with Gasteiger partial charge >= 0.3 is 5.97 Å². The lowest BCUT2D eigenvalue weighted by atomic mass is 10.2. The van der Waals surface area contributed by atoms with Gasteiger partial charge in [0.15, 0.2) is 11.5 Å². The van der Waals surface area contributed by atoms with Crippen molar-refractivity contribution < 1.29 is 9.90 Å². The first kappa shape index (κ1) is 11.3. The summed E-state index contributed by atoms with van der Waals surface area (Å²) >= 11 is 0. The van der Waals surface area contributed by atoms with Crippen molar-refractivity contribution in [3.63, 3.8) is 0 Å². The standard InChI is InChI=1S/C13H10N4O2/c1-8-9(4-2-6-14-8)11-15-12-10(13(18)19)5-3-7-17(12)16-11/h2-7H,1H3,(H,18,19). The van der Waals surface area contributed by atoms with Crippen LogP contribution in [0.25, 0.3) is 17.0 Å². The Balaban J connectivity index is 2.26. The number of aromatic nitrogens is 4. The molecule has 0 aliphatic heterocycles. The fourth-order valence-corrected chi connectivity index (χ4v) is 1.91. The summed E-state index contributed by atoms with van der Waals surface area (Å²) in [5.74, 6) is -0.549. The van der Waals surface area contributed by atoms with Crippen molar-refractivity contribution in [3.05, 3.63) is 47.9 Å². The third-order valence-corrected chi connectivity index (χ3v) is 2.84. The first-order chi connectivity index (χ1) is 9.16. The molecule has 6 nitrogen and oxygen atoms in total. The fraction of sp³-hybridized carbons (Fsp3) is 0.0769. The molecule has 3 heterocycles. The first-order valence-corrected chi connectivity index (χ1v) is 5.67. The SMILES string of the molecule is Cc1ncccc1-c1nc2c(C(=O)O)cccn2n1. The Morgan fingerprint density at radius 1 is 1.32 bits per heavy atom. The number of pyridine rings is 2. The van der Waals surface area contributed by atoms with E-state index in [1.54, 1.807) is 24.5 Å². The van der Waals surface area contributed by atoms with Crippen molar-refractivity contribution in [2.24, 2.45) is 0 Å². The zero-order chi connectivity index (χ0) is 13.4. The number of aryl methyl sites for hydroxylation is 1. The summed E-state index contributed by atoms with van der Waals surface area (Å²) in [5.41, 5.74) is 2.05. The van der Waals surface area contributed by atoms with Crippen molar-refractivity contribution in [3.8, 4) is 11.4 Å². The van der Waals surface area contributed by atoms with Crippen LogP contribution in [0, 0.1) is 6.92 Å². The van der Waals surface area contributed by atoms with Crippen molar-refractivity contribution in [1.82, 2.24) is 19.6 Å². The molecule has 0 unspecified atom stereocenters. The molecule has 0 aromatic carbocycles. The summed E-state index contributed by atoms with van der Waals surface area (Å²) in [7, 11) is 0. The second-order valence-electron chi connectivity index (χ2n) is 4.07. The van der Waals surface area contributed by atoms with Gasteiger partial charge in [-0.05, 0) is 31.2 Å². The van der Waals surface area contributed by atoms with E-state index in [-0.39, 0.29) is 5.56 Å². The molecule has 19 heavy (non-hydrogen) atoms. The summed E-state index contributed by atoms with van der Waals surface area (Å²) < 4.78 is 1.46. The Bertz CT molecular complexity index is 779. The van der Waals surface area contributed by atoms with Gasteiger partial charge < -0.3 is 5.11 Å². The average Bonchev–Trinajstić information content (AvgIpc) is 2.82. The number of carboxylic acids is 1. The summed E-state index contributed by atoms with van der Waals surface area (Å²) in [6.07, 6.45) is 3.36. The lowest BCUT2D eigenvalue weighted by Crippen LogP contribution is -2.00. The number of nitrogens with zero attached hydrogens (tertiary/aromatic N) is 4. The Hall–Kier alpha value is -2.76. The molecule has 0 spiro atoms. The van der Waals surface area contributed by atoms with Crippen LogP contribution in [0.1, 0.15) is 16.1 Å². The second-order valence-corrected chi connectivity index (χ2v) is 4.07. The predicted molar refractivity (Wildman–Crippen MR) is 67.9 cm³/mol. The molecular formula is C13H10N4O2. The van der Waals surface area contributed by atoms with E-state index in [1.165, 1.54) is 10.6 Å². The van der Waals surface area contributed by atoms with E-state index in [0.717, 1.165) is 11.3 Å². The molecule has 0 aliphatic rings. The Morgan fingerprint density at radius 3 is 2.89 bits per heavy atom. The van der Waals surface area contributed by atoms with Crippen LogP contribution < -0.4 is 0 Å². The van der Waals surface area contributed by atoms with Gasteiger partial charge in [-0.25, -0.2) is 14.3 Å². The van der Waals surface area contributed by atoms with Crippen LogP contribution in [0.15, 0.2) is 36.7 Å². The van der Waals surface area contributed by atoms with Crippen LogP contribution in [0.3, 0.4) is 0 Å². The van der Waals surface area contributed by atoms with E-state index in [0.29, 0.717) is 11.5 Å². The van der Waals surface area contributed by atoms with Gasteiger partial charge in [-0.1, -0.05) is 0 Å². The maximum absolute atomic E-state index is 11.1. The van der Waals surface area contributed by atoms with Crippen LogP contribution in [0.4, 0.5) is 0 Å². The number of carboxylic acid groups (broad SMARTS) is 1. The van der Waals surface area contributed by atoms with Gasteiger partial charge in [0.25, 0.3) is 0 Å². The molecule has 3 aromatic rings. The lowest BCUT2D eigenvalue weighted by molar-refractivity contribution is 0.0698. The van der Waals surface area contributed by atoms with Gasteiger partial charge in [0.05, 0.1) is 0 Å².